The lowest BCUT2D eigenvalue weighted by Crippen LogP contribution is -2.34. The van der Waals surface area contributed by atoms with E-state index < -0.39 is 0 Å². The molecule has 0 aliphatic carbocycles. The van der Waals surface area contributed by atoms with Crippen molar-refractivity contribution < 1.29 is 9.13 Å². The molecule has 0 amide bonds. The van der Waals surface area contributed by atoms with E-state index >= 15 is 0 Å². The third-order valence-electron chi connectivity index (χ3n) is 5.01. The van der Waals surface area contributed by atoms with Crippen molar-refractivity contribution in [1.82, 2.24) is 15.0 Å². The van der Waals surface area contributed by atoms with Gasteiger partial charge in [-0.05, 0) is 30.5 Å². The van der Waals surface area contributed by atoms with Gasteiger partial charge < -0.3 is 15.0 Å². The molecule has 132 valence electrons. The molecule has 6 nitrogen and oxygen atoms in total. The Hall–Kier alpha value is -2.28. The summed E-state index contributed by atoms with van der Waals surface area (Å²) in [7, 11) is 0. The SMILES string of the molecule is CCc1cnc(N2CC[C@@]3(C[C@H](Nc4ncccc4F)CO3)C2)nc1. The van der Waals surface area contributed by atoms with Crippen molar-refractivity contribution in [2.75, 3.05) is 29.9 Å². The number of halogens is 1. The zero-order valence-corrected chi connectivity index (χ0v) is 14.3. The van der Waals surface area contributed by atoms with Crippen LogP contribution in [-0.4, -0.2) is 46.3 Å². The third kappa shape index (κ3) is 3.28. The fourth-order valence-electron chi connectivity index (χ4n) is 3.62. The molecule has 2 aliphatic heterocycles. The number of ether oxygens (including phenoxy) is 1. The Balaban J connectivity index is 1.40. The van der Waals surface area contributed by atoms with Crippen LogP contribution in [0.5, 0.6) is 0 Å². The van der Waals surface area contributed by atoms with E-state index in [4.69, 9.17) is 4.74 Å². The van der Waals surface area contributed by atoms with Crippen molar-refractivity contribution in [3.63, 3.8) is 0 Å². The topological polar surface area (TPSA) is 63.2 Å². The van der Waals surface area contributed by atoms with E-state index in [-0.39, 0.29) is 17.5 Å². The average molecular weight is 343 g/mol. The molecule has 25 heavy (non-hydrogen) atoms. The number of nitrogens with zero attached hydrogens (tertiary/aromatic N) is 4. The van der Waals surface area contributed by atoms with E-state index in [1.165, 1.54) is 6.07 Å². The van der Waals surface area contributed by atoms with E-state index in [0.717, 1.165) is 43.9 Å². The fraction of sp³-hybridized carbons (Fsp3) is 0.500. The smallest absolute Gasteiger partial charge is 0.225 e. The van der Waals surface area contributed by atoms with Gasteiger partial charge in [-0.15, -0.1) is 0 Å². The third-order valence-corrected chi connectivity index (χ3v) is 5.01. The summed E-state index contributed by atoms with van der Waals surface area (Å²) in [5.41, 5.74) is 0.923. The predicted molar refractivity (Wildman–Crippen MR) is 93.1 cm³/mol. The molecule has 2 aliphatic rings. The first-order valence-electron chi connectivity index (χ1n) is 8.74. The van der Waals surface area contributed by atoms with E-state index in [1.54, 1.807) is 12.3 Å². The number of aromatic nitrogens is 3. The van der Waals surface area contributed by atoms with Gasteiger partial charge in [0.05, 0.1) is 24.8 Å². The molecule has 2 atom stereocenters. The Bertz CT molecular complexity index is 741. The van der Waals surface area contributed by atoms with Crippen molar-refractivity contribution in [2.24, 2.45) is 0 Å². The highest BCUT2D eigenvalue weighted by Crippen LogP contribution is 2.37. The van der Waals surface area contributed by atoms with Crippen LogP contribution in [0.15, 0.2) is 30.7 Å². The summed E-state index contributed by atoms with van der Waals surface area (Å²) in [6.45, 7) is 4.28. The van der Waals surface area contributed by atoms with Gasteiger partial charge in [-0.3, -0.25) is 0 Å². The highest BCUT2D eigenvalue weighted by molar-refractivity contribution is 5.38. The molecule has 2 aromatic rings. The van der Waals surface area contributed by atoms with Gasteiger partial charge in [-0.1, -0.05) is 6.92 Å². The molecule has 0 unspecified atom stereocenters. The van der Waals surface area contributed by atoms with Crippen LogP contribution in [0, 0.1) is 5.82 Å². The summed E-state index contributed by atoms with van der Waals surface area (Å²) < 4.78 is 19.9. The number of hydrogen-bond donors (Lipinski definition) is 1. The zero-order chi connectivity index (χ0) is 17.3. The van der Waals surface area contributed by atoms with Crippen molar-refractivity contribution in [3.8, 4) is 0 Å². The molecule has 2 aromatic heterocycles. The predicted octanol–water partition coefficient (Wildman–Crippen LogP) is 2.42. The summed E-state index contributed by atoms with van der Waals surface area (Å²) in [4.78, 5) is 15.2. The molecule has 0 saturated carbocycles. The first-order chi connectivity index (χ1) is 12.2. The Morgan fingerprint density at radius 2 is 2.20 bits per heavy atom. The second-order valence-corrected chi connectivity index (χ2v) is 6.79. The normalized spacial score (nSPS) is 25.7. The van der Waals surface area contributed by atoms with Gasteiger partial charge in [0.25, 0.3) is 0 Å². The molecule has 1 N–H and O–H groups in total. The molecule has 1 spiro atoms. The number of nitrogens with one attached hydrogen (secondary N) is 1. The first-order valence-corrected chi connectivity index (χ1v) is 8.74. The Morgan fingerprint density at radius 1 is 1.36 bits per heavy atom. The van der Waals surface area contributed by atoms with Gasteiger partial charge in [-0.25, -0.2) is 19.3 Å². The summed E-state index contributed by atoms with van der Waals surface area (Å²) in [6.07, 6.45) is 8.05. The van der Waals surface area contributed by atoms with Crippen LogP contribution in [-0.2, 0) is 11.2 Å². The van der Waals surface area contributed by atoms with E-state index in [9.17, 15) is 4.39 Å². The summed E-state index contributed by atoms with van der Waals surface area (Å²) >= 11 is 0. The molecule has 4 heterocycles. The number of aryl methyl sites for hydroxylation is 1. The van der Waals surface area contributed by atoms with Crippen molar-refractivity contribution in [3.05, 3.63) is 42.1 Å². The number of anilines is 2. The monoisotopic (exact) mass is 343 g/mol. The lowest BCUT2D eigenvalue weighted by molar-refractivity contribution is 0.0228. The Labute approximate surface area is 146 Å². The minimum absolute atomic E-state index is 0.0627. The van der Waals surface area contributed by atoms with Crippen LogP contribution in [0.1, 0.15) is 25.3 Å². The molecular formula is C18H22FN5O. The number of rotatable bonds is 4. The fourth-order valence-corrected chi connectivity index (χ4v) is 3.62. The van der Waals surface area contributed by atoms with Gasteiger partial charge in [-0.2, -0.15) is 0 Å². The van der Waals surface area contributed by atoms with Crippen LogP contribution < -0.4 is 10.2 Å². The largest absolute Gasteiger partial charge is 0.371 e. The average Bonchev–Trinajstić information content (AvgIpc) is 3.24. The van der Waals surface area contributed by atoms with Crippen LogP contribution in [0.4, 0.5) is 16.2 Å². The lowest BCUT2D eigenvalue weighted by atomic mass is 9.97. The van der Waals surface area contributed by atoms with Crippen molar-refractivity contribution in [1.29, 1.82) is 0 Å². The standard InChI is InChI=1S/C18H22FN5O/c1-2-13-9-21-17(22-10-13)24-7-5-18(12-24)8-14(11-25-18)23-16-15(19)4-3-6-20-16/h3-4,6,9-10,14H,2,5,7-8,11-12H2,1H3,(H,20,23)/t14-,18+/m0/s1. The summed E-state index contributed by atoms with van der Waals surface area (Å²) in [5, 5.41) is 3.17. The van der Waals surface area contributed by atoms with Crippen LogP contribution >= 0.6 is 0 Å². The molecule has 2 saturated heterocycles. The summed E-state index contributed by atoms with van der Waals surface area (Å²) in [6, 6.07) is 3.06. The maximum absolute atomic E-state index is 13.8. The van der Waals surface area contributed by atoms with Crippen molar-refractivity contribution in [2.45, 2.75) is 37.8 Å². The van der Waals surface area contributed by atoms with Gasteiger partial charge in [0, 0.05) is 31.6 Å². The lowest BCUT2D eigenvalue weighted by Gasteiger charge is -2.23. The Kier molecular flexibility index (Phi) is 4.25. The van der Waals surface area contributed by atoms with Gasteiger partial charge in [0.2, 0.25) is 5.95 Å². The molecule has 7 heteroatoms. The molecule has 0 aromatic carbocycles. The minimum Gasteiger partial charge on any atom is -0.371 e. The van der Waals surface area contributed by atoms with E-state index in [1.807, 2.05) is 12.4 Å². The zero-order valence-electron chi connectivity index (χ0n) is 14.3. The second kappa shape index (κ2) is 6.55. The molecule has 0 radical (unpaired) electrons. The second-order valence-electron chi connectivity index (χ2n) is 6.79. The first kappa shape index (κ1) is 16.2. The molecular weight excluding hydrogens is 321 g/mol. The maximum Gasteiger partial charge on any atom is 0.225 e. The quantitative estimate of drug-likeness (QED) is 0.920. The van der Waals surface area contributed by atoms with Crippen LogP contribution in [0.3, 0.4) is 0 Å². The molecule has 2 fully saturated rings. The van der Waals surface area contributed by atoms with Gasteiger partial charge in [0.15, 0.2) is 11.6 Å². The van der Waals surface area contributed by atoms with Crippen LogP contribution in [0.25, 0.3) is 0 Å². The molecule has 4 rings (SSSR count). The van der Waals surface area contributed by atoms with E-state index in [2.05, 4.69) is 32.1 Å². The molecule has 0 bridgehead atoms. The number of hydrogen-bond acceptors (Lipinski definition) is 6. The van der Waals surface area contributed by atoms with Gasteiger partial charge >= 0.3 is 0 Å². The van der Waals surface area contributed by atoms with E-state index in [0.29, 0.717) is 12.4 Å². The highest BCUT2D eigenvalue weighted by Gasteiger charge is 2.46. The van der Waals surface area contributed by atoms with Gasteiger partial charge in [0.1, 0.15) is 0 Å². The van der Waals surface area contributed by atoms with Crippen molar-refractivity contribution >= 4 is 11.8 Å². The number of pyridine rings is 1. The van der Waals surface area contributed by atoms with Crippen LogP contribution in [0.2, 0.25) is 0 Å². The Morgan fingerprint density at radius 3 is 2.96 bits per heavy atom. The minimum atomic E-state index is -0.332. The maximum atomic E-state index is 13.8. The highest BCUT2D eigenvalue weighted by atomic mass is 19.1. The summed E-state index contributed by atoms with van der Waals surface area (Å²) in [5.74, 6) is 0.715.